The quantitative estimate of drug-likeness (QED) is 0.877. The zero-order valence-electron chi connectivity index (χ0n) is 12.2. The van der Waals surface area contributed by atoms with E-state index < -0.39 is 0 Å². The van der Waals surface area contributed by atoms with Crippen molar-refractivity contribution in [2.75, 3.05) is 0 Å². The Morgan fingerprint density at radius 3 is 2.45 bits per heavy atom. The zero-order chi connectivity index (χ0) is 14.5. The molecule has 0 aliphatic carbocycles. The van der Waals surface area contributed by atoms with Gasteiger partial charge in [0.2, 0.25) is 11.7 Å². The lowest BCUT2D eigenvalue weighted by molar-refractivity contribution is 0.284. The number of benzene rings is 1. The maximum absolute atomic E-state index is 5.77. The van der Waals surface area contributed by atoms with E-state index in [9.17, 15) is 0 Å². The van der Waals surface area contributed by atoms with Crippen molar-refractivity contribution in [2.24, 2.45) is 5.73 Å². The third-order valence-electron chi connectivity index (χ3n) is 2.83. The molecule has 0 spiro atoms. The second-order valence-electron chi connectivity index (χ2n) is 5.32. The van der Waals surface area contributed by atoms with Gasteiger partial charge in [0, 0.05) is 12.0 Å². The molecule has 2 N–H and O–H groups in total. The summed E-state index contributed by atoms with van der Waals surface area (Å²) >= 11 is 0. The van der Waals surface area contributed by atoms with E-state index in [0.717, 1.165) is 12.2 Å². The van der Waals surface area contributed by atoms with Crippen molar-refractivity contribution in [3.63, 3.8) is 0 Å². The van der Waals surface area contributed by atoms with Crippen LogP contribution in [0.15, 0.2) is 28.8 Å². The van der Waals surface area contributed by atoms with Crippen LogP contribution in [0, 0.1) is 0 Å². The summed E-state index contributed by atoms with van der Waals surface area (Å²) in [6, 6.07) is 8.07. The van der Waals surface area contributed by atoms with E-state index in [2.05, 4.69) is 10.1 Å². The molecule has 0 bridgehead atoms. The van der Waals surface area contributed by atoms with E-state index in [4.69, 9.17) is 15.0 Å². The monoisotopic (exact) mass is 275 g/mol. The summed E-state index contributed by atoms with van der Waals surface area (Å²) in [6.07, 6.45) is 0.864. The number of nitrogens with zero attached hydrogens (tertiary/aromatic N) is 2. The number of hydrogen-bond donors (Lipinski definition) is 1. The maximum Gasteiger partial charge on any atom is 0.229 e. The molecule has 0 saturated carbocycles. The van der Waals surface area contributed by atoms with Crippen LogP contribution in [-0.4, -0.2) is 16.2 Å². The molecule has 108 valence electrons. The summed E-state index contributed by atoms with van der Waals surface area (Å²) in [6.45, 7) is 6.32. The van der Waals surface area contributed by atoms with E-state index in [-0.39, 0.29) is 12.0 Å². The zero-order valence-corrected chi connectivity index (χ0v) is 12.2. The number of ether oxygens (including phenoxy) is 1. The Balaban J connectivity index is 1.90. The number of nitrogens with two attached hydrogens (primary N) is 1. The SMILES string of the molecule is CC(N)Cc1ccc(OCc2noc(C(C)C)n2)cc1. The van der Waals surface area contributed by atoms with E-state index in [1.54, 1.807) is 0 Å². The molecule has 1 aromatic heterocycles. The van der Waals surface area contributed by atoms with Crippen LogP contribution in [0.1, 0.15) is 44.0 Å². The number of rotatable bonds is 6. The predicted molar refractivity (Wildman–Crippen MR) is 76.5 cm³/mol. The first-order chi connectivity index (χ1) is 9.54. The Bertz CT molecular complexity index is 532. The lowest BCUT2D eigenvalue weighted by Crippen LogP contribution is -2.17. The minimum atomic E-state index is 0.163. The normalized spacial score (nSPS) is 12.7. The summed E-state index contributed by atoms with van der Waals surface area (Å²) in [7, 11) is 0. The first-order valence-electron chi connectivity index (χ1n) is 6.84. The Labute approximate surface area is 119 Å². The lowest BCUT2D eigenvalue weighted by Gasteiger charge is -2.07. The molecule has 1 aromatic carbocycles. The third kappa shape index (κ3) is 4.06. The van der Waals surface area contributed by atoms with Crippen molar-refractivity contribution in [3.05, 3.63) is 41.5 Å². The van der Waals surface area contributed by atoms with Crippen molar-refractivity contribution in [2.45, 2.75) is 45.8 Å². The van der Waals surface area contributed by atoms with Gasteiger partial charge in [-0.1, -0.05) is 31.1 Å². The van der Waals surface area contributed by atoms with Crippen LogP contribution in [0.3, 0.4) is 0 Å². The highest BCUT2D eigenvalue weighted by atomic mass is 16.5. The smallest absolute Gasteiger partial charge is 0.229 e. The molecule has 1 heterocycles. The van der Waals surface area contributed by atoms with Gasteiger partial charge in [-0.15, -0.1) is 0 Å². The van der Waals surface area contributed by atoms with Gasteiger partial charge in [-0.25, -0.2) is 0 Å². The molecular formula is C15H21N3O2. The van der Waals surface area contributed by atoms with Gasteiger partial charge in [0.1, 0.15) is 5.75 Å². The molecular weight excluding hydrogens is 254 g/mol. The highest BCUT2D eigenvalue weighted by Gasteiger charge is 2.10. The van der Waals surface area contributed by atoms with Crippen LogP contribution in [-0.2, 0) is 13.0 Å². The van der Waals surface area contributed by atoms with Crippen molar-refractivity contribution in [3.8, 4) is 5.75 Å². The largest absolute Gasteiger partial charge is 0.485 e. The van der Waals surface area contributed by atoms with Gasteiger partial charge in [-0.2, -0.15) is 4.98 Å². The minimum Gasteiger partial charge on any atom is -0.485 e. The molecule has 1 atom stereocenters. The Morgan fingerprint density at radius 2 is 1.90 bits per heavy atom. The average molecular weight is 275 g/mol. The molecule has 0 amide bonds. The molecule has 0 radical (unpaired) electrons. The van der Waals surface area contributed by atoms with Crippen molar-refractivity contribution >= 4 is 0 Å². The fraction of sp³-hybridized carbons (Fsp3) is 0.467. The van der Waals surface area contributed by atoms with Crippen molar-refractivity contribution < 1.29 is 9.26 Å². The van der Waals surface area contributed by atoms with Crippen LogP contribution in [0.4, 0.5) is 0 Å². The van der Waals surface area contributed by atoms with Crippen LogP contribution in [0.5, 0.6) is 5.75 Å². The fourth-order valence-corrected chi connectivity index (χ4v) is 1.80. The Morgan fingerprint density at radius 1 is 1.20 bits per heavy atom. The summed E-state index contributed by atoms with van der Waals surface area (Å²) in [4.78, 5) is 4.26. The minimum absolute atomic E-state index is 0.163. The summed E-state index contributed by atoms with van der Waals surface area (Å²) in [5, 5.41) is 3.88. The molecule has 0 saturated heterocycles. The van der Waals surface area contributed by atoms with Gasteiger partial charge in [0.05, 0.1) is 0 Å². The first-order valence-corrected chi connectivity index (χ1v) is 6.84. The highest BCUT2D eigenvalue weighted by molar-refractivity contribution is 5.27. The second-order valence-corrected chi connectivity index (χ2v) is 5.32. The highest BCUT2D eigenvalue weighted by Crippen LogP contribution is 2.15. The van der Waals surface area contributed by atoms with E-state index >= 15 is 0 Å². The molecule has 5 nitrogen and oxygen atoms in total. The predicted octanol–water partition coefficient (Wildman–Crippen LogP) is 2.66. The van der Waals surface area contributed by atoms with E-state index in [1.165, 1.54) is 5.56 Å². The van der Waals surface area contributed by atoms with Gasteiger partial charge < -0.3 is 15.0 Å². The third-order valence-corrected chi connectivity index (χ3v) is 2.83. The van der Waals surface area contributed by atoms with Gasteiger partial charge in [-0.3, -0.25) is 0 Å². The van der Waals surface area contributed by atoms with Crippen molar-refractivity contribution in [1.29, 1.82) is 0 Å². The standard InChI is InChI=1S/C15H21N3O2/c1-10(2)15-17-14(18-20-15)9-19-13-6-4-12(5-7-13)8-11(3)16/h4-7,10-11H,8-9,16H2,1-3H3. The van der Waals surface area contributed by atoms with Crippen LogP contribution in [0.2, 0.25) is 0 Å². The van der Waals surface area contributed by atoms with E-state index in [1.807, 2.05) is 45.0 Å². The molecule has 0 fully saturated rings. The Hall–Kier alpha value is -1.88. The summed E-state index contributed by atoms with van der Waals surface area (Å²) in [5.41, 5.74) is 6.97. The molecule has 20 heavy (non-hydrogen) atoms. The molecule has 2 rings (SSSR count). The van der Waals surface area contributed by atoms with Crippen molar-refractivity contribution in [1.82, 2.24) is 10.1 Å². The fourth-order valence-electron chi connectivity index (χ4n) is 1.80. The molecule has 1 unspecified atom stereocenters. The molecule has 5 heteroatoms. The second kappa shape index (κ2) is 6.52. The Kier molecular flexibility index (Phi) is 4.74. The first kappa shape index (κ1) is 14.5. The van der Waals surface area contributed by atoms with Crippen LogP contribution >= 0.6 is 0 Å². The van der Waals surface area contributed by atoms with Gasteiger partial charge in [0.15, 0.2) is 6.61 Å². The van der Waals surface area contributed by atoms with Gasteiger partial charge in [0.25, 0.3) is 0 Å². The number of hydrogen-bond acceptors (Lipinski definition) is 5. The van der Waals surface area contributed by atoms with Crippen LogP contribution < -0.4 is 10.5 Å². The maximum atomic E-state index is 5.77. The van der Waals surface area contributed by atoms with Gasteiger partial charge >= 0.3 is 0 Å². The van der Waals surface area contributed by atoms with Crippen LogP contribution in [0.25, 0.3) is 0 Å². The van der Waals surface area contributed by atoms with Gasteiger partial charge in [-0.05, 0) is 31.0 Å². The molecule has 2 aromatic rings. The number of aromatic nitrogens is 2. The summed E-state index contributed by atoms with van der Waals surface area (Å²) < 4.78 is 10.8. The van der Waals surface area contributed by atoms with E-state index in [0.29, 0.717) is 18.3 Å². The molecule has 0 aliphatic rings. The molecule has 0 aliphatic heterocycles. The average Bonchev–Trinajstić information content (AvgIpc) is 2.86. The summed E-state index contributed by atoms with van der Waals surface area (Å²) in [5.74, 6) is 2.22. The topological polar surface area (TPSA) is 74.2 Å². The lowest BCUT2D eigenvalue weighted by atomic mass is 10.1.